The van der Waals surface area contributed by atoms with Gasteiger partial charge in [0.05, 0.1) is 11.7 Å². The van der Waals surface area contributed by atoms with Gasteiger partial charge < -0.3 is 14.5 Å². The summed E-state index contributed by atoms with van der Waals surface area (Å²) in [5.74, 6) is 0. The Morgan fingerprint density at radius 2 is 1.88 bits per heavy atom. The minimum absolute atomic E-state index is 0.127. The molecule has 5 nitrogen and oxygen atoms in total. The van der Waals surface area contributed by atoms with Gasteiger partial charge in [0, 0.05) is 24.0 Å². The molecule has 0 spiro atoms. The fourth-order valence-electron chi connectivity index (χ4n) is 3.28. The van der Waals surface area contributed by atoms with Crippen LogP contribution in [-0.4, -0.2) is 33.5 Å². The molecule has 2 aromatic heterocycles. The summed E-state index contributed by atoms with van der Waals surface area (Å²) in [6.07, 6.45) is 3.45. The van der Waals surface area contributed by atoms with Crippen molar-refractivity contribution in [2.24, 2.45) is 0 Å². The molecular weight excluding hydrogens is 324 g/mol. The zero-order chi connectivity index (χ0) is 18.1. The van der Waals surface area contributed by atoms with Crippen molar-refractivity contribution >= 4 is 11.0 Å². The number of benzene rings is 2. The van der Waals surface area contributed by atoms with E-state index >= 15 is 0 Å². The summed E-state index contributed by atoms with van der Waals surface area (Å²) < 4.78 is 1.97. The highest BCUT2D eigenvalue weighted by molar-refractivity contribution is 5.94. The van der Waals surface area contributed by atoms with Crippen LogP contribution < -0.4 is 5.56 Å². The fraction of sp³-hybridized carbons (Fsp3) is 0.143. The first-order valence-electron chi connectivity index (χ1n) is 8.51. The number of fused-ring (bicyclic) bond motifs is 1. The van der Waals surface area contributed by atoms with Crippen molar-refractivity contribution in [1.29, 1.82) is 0 Å². The van der Waals surface area contributed by atoms with Gasteiger partial charge in [0.25, 0.3) is 5.56 Å². The monoisotopic (exact) mass is 344 g/mol. The Morgan fingerprint density at radius 3 is 2.65 bits per heavy atom. The molecule has 0 unspecified atom stereocenters. The Labute approximate surface area is 151 Å². The van der Waals surface area contributed by atoms with E-state index in [2.05, 4.69) is 27.0 Å². The summed E-state index contributed by atoms with van der Waals surface area (Å²) >= 11 is 0. The standard InChI is InChI=1S/C21H20N4O/c1-24(2)12-15-7-6-8-16(11-15)18-13-25(17-9-4-3-5-10-17)20-19(18)21(26)23-14-22-20/h3-11,13-14H,12H2,1-2H3,(H,22,23,26). The van der Waals surface area contributed by atoms with Crippen molar-refractivity contribution in [3.8, 4) is 16.8 Å². The van der Waals surface area contributed by atoms with E-state index in [0.29, 0.717) is 11.0 Å². The molecule has 4 aromatic rings. The molecule has 130 valence electrons. The van der Waals surface area contributed by atoms with Gasteiger partial charge >= 0.3 is 0 Å². The molecule has 26 heavy (non-hydrogen) atoms. The maximum atomic E-state index is 12.6. The number of hydrogen-bond acceptors (Lipinski definition) is 3. The van der Waals surface area contributed by atoms with Gasteiger partial charge in [-0.15, -0.1) is 0 Å². The van der Waals surface area contributed by atoms with Crippen LogP contribution in [0, 0.1) is 0 Å². The summed E-state index contributed by atoms with van der Waals surface area (Å²) in [6, 6.07) is 18.3. The van der Waals surface area contributed by atoms with Gasteiger partial charge in [0.1, 0.15) is 0 Å². The zero-order valence-electron chi connectivity index (χ0n) is 14.8. The van der Waals surface area contributed by atoms with Crippen molar-refractivity contribution in [1.82, 2.24) is 19.4 Å². The second-order valence-electron chi connectivity index (χ2n) is 6.62. The number of aromatic amines is 1. The minimum atomic E-state index is -0.127. The number of para-hydroxylation sites is 1. The predicted octanol–water partition coefficient (Wildman–Crippen LogP) is 3.44. The lowest BCUT2D eigenvalue weighted by Crippen LogP contribution is -2.10. The van der Waals surface area contributed by atoms with E-state index < -0.39 is 0 Å². The van der Waals surface area contributed by atoms with Crippen LogP contribution in [-0.2, 0) is 6.54 Å². The summed E-state index contributed by atoms with van der Waals surface area (Å²) in [5.41, 5.74) is 4.62. The van der Waals surface area contributed by atoms with Crippen LogP contribution in [0.5, 0.6) is 0 Å². The molecule has 4 rings (SSSR count). The highest BCUT2D eigenvalue weighted by atomic mass is 16.1. The van der Waals surface area contributed by atoms with E-state index in [9.17, 15) is 4.79 Å². The van der Waals surface area contributed by atoms with Crippen molar-refractivity contribution in [3.63, 3.8) is 0 Å². The molecule has 0 aliphatic carbocycles. The molecule has 0 amide bonds. The summed E-state index contributed by atoms with van der Waals surface area (Å²) in [4.78, 5) is 21.8. The molecule has 2 aromatic carbocycles. The van der Waals surface area contributed by atoms with Crippen LogP contribution in [0.3, 0.4) is 0 Å². The molecule has 0 aliphatic rings. The molecule has 0 saturated heterocycles. The first kappa shape index (κ1) is 16.3. The Bertz CT molecular complexity index is 1110. The topological polar surface area (TPSA) is 53.9 Å². The van der Waals surface area contributed by atoms with Gasteiger partial charge in [-0.05, 0) is 43.4 Å². The smallest absolute Gasteiger partial charge is 0.260 e. The molecule has 0 saturated carbocycles. The Morgan fingerprint density at radius 1 is 1.08 bits per heavy atom. The number of aromatic nitrogens is 3. The van der Waals surface area contributed by atoms with E-state index in [1.807, 2.05) is 67.3 Å². The molecule has 0 aliphatic heterocycles. The van der Waals surface area contributed by atoms with Gasteiger partial charge in [-0.25, -0.2) is 4.98 Å². The molecule has 0 fully saturated rings. The molecule has 0 radical (unpaired) electrons. The van der Waals surface area contributed by atoms with E-state index in [1.165, 1.54) is 11.9 Å². The SMILES string of the molecule is CN(C)Cc1cccc(-c2cn(-c3ccccc3)c3nc[nH]c(=O)c23)c1. The lowest BCUT2D eigenvalue weighted by molar-refractivity contribution is 0.402. The normalized spacial score (nSPS) is 11.3. The number of rotatable bonds is 4. The van der Waals surface area contributed by atoms with E-state index in [0.717, 1.165) is 23.4 Å². The molecule has 0 atom stereocenters. The lowest BCUT2D eigenvalue weighted by Gasteiger charge is -2.10. The van der Waals surface area contributed by atoms with Crippen molar-refractivity contribution in [3.05, 3.63) is 83.0 Å². The second kappa shape index (κ2) is 6.61. The van der Waals surface area contributed by atoms with Gasteiger partial charge in [-0.3, -0.25) is 4.79 Å². The van der Waals surface area contributed by atoms with Gasteiger partial charge in [0.15, 0.2) is 5.65 Å². The number of hydrogen-bond donors (Lipinski definition) is 1. The lowest BCUT2D eigenvalue weighted by atomic mass is 10.0. The van der Waals surface area contributed by atoms with Crippen LogP contribution in [0.15, 0.2) is 71.9 Å². The Balaban J connectivity index is 1.95. The van der Waals surface area contributed by atoms with Gasteiger partial charge in [-0.2, -0.15) is 0 Å². The highest BCUT2D eigenvalue weighted by Gasteiger charge is 2.16. The molecule has 0 bridgehead atoms. The quantitative estimate of drug-likeness (QED) is 0.617. The van der Waals surface area contributed by atoms with Crippen LogP contribution in [0.25, 0.3) is 27.8 Å². The third-order valence-corrected chi connectivity index (χ3v) is 4.36. The number of nitrogens with one attached hydrogen (secondary N) is 1. The first-order valence-corrected chi connectivity index (χ1v) is 8.51. The third-order valence-electron chi connectivity index (χ3n) is 4.36. The van der Waals surface area contributed by atoms with E-state index in [1.54, 1.807) is 0 Å². The summed E-state index contributed by atoms with van der Waals surface area (Å²) in [6.45, 7) is 0.847. The van der Waals surface area contributed by atoms with Crippen LogP contribution in [0.4, 0.5) is 0 Å². The molecule has 1 N–H and O–H groups in total. The first-order chi connectivity index (χ1) is 12.6. The van der Waals surface area contributed by atoms with E-state index in [-0.39, 0.29) is 5.56 Å². The summed E-state index contributed by atoms with van der Waals surface area (Å²) in [7, 11) is 4.09. The predicted molar refractivity (Wildman–Crippen MR) is 105 cm³/mol. The number of H-pyrrole nitrogens is 1. The molecular formula is C21H20N4O. The van der Waals surface area contributed by atoms with Crippen molar-refractivity contribution < 1.29 is 0 Å². The largest absolute Gasteiger partial charge is 0.312 e. The third kappa shape index (κ3) is 2.93. The summed E-state index contributed by atoms with van der Waals surface area (Å²) in [5, 5.41) is 0.610. The van der Waals surface area contributed by atoms with Crippen LogP contribution in [0.1, 0.15) is 5.56 Å². The minimum Gasteiger partial charge on any atom is -0.312 e. The number of nitrogens with zero attached hydrogens (tertiary/aromatic N) is 3. The maximum absolute atomic E-state index is 12.6. The van der Waals surface area contributed by atoms with Crippen LogP contribution in [0.2, 0.25) is 0 Å². The second-order valence-corrected chi connectivity index (χ2v) is 6.62. The Hall–Kier alpha value is -3.18. The van der Waals surface area contributed by atoms with Crippen molar-refractivity contribution in [2.45, 2.75) is 6.54 Å². The molecule has 5 heteroatoms. The van der Waals surface area contributed by atoms with Crippen molar-refractivity contribution in [2.75, 3.05) is 14.1 Å². The maximum Gasteiger partial charge on any atom is 0.260 e. The Kier molecular flexibility index (Phi) is 4.14. The zero-order valence-corrected chi connectivity index (χ0v) is 14.8. The average Bonchev–Trinajstić information content (AvgIpc) is 3.03. The van der Waals surface area contributed by atoms with Crippen LogP contribution >= 0.6 is 0 Å². The van der Waals surface area contributed by atoms with Gasteiger partial charge in [0.2, 0.25) is 0 Å². The molecule has 2 heterocycles. The van der Waals surface area contributed by atoms with E-state index in [4.69, 9.17) is 0 Å². The fourth-order valence-corrected chi connectivity index (χ4v) is 3.28. The highest BCUT2D eigenvalue weighted by Crippen LogP contribution is 2.30. The van der Waals surface area contributed by atoms with Gasteiger partial charge in [-0.1, -0.05) is 36.4 Å². The average molecular weight is 344 g/mol.